The molecular formula is C14H21NO4. The molecular weight excluding hydrogens is 246 g/mol. The largest absolute Gasteiger partial charge is 0.493 e. The standard InChI is InChI=1S/C14H21NO4/c1-17-11-6-9-4-8(7-15)5-10(16)12(9)14(19-3)13(11)18-2/h6,8,10,16H,4-5,7,15H2,1-3H3. The van der Waals surface area contributed by atoms with E-state index in [4.69, 9.17) is 19.9 Å². The molecule has 0 bridgehead atoms. The summed E-state index contributed by atoms with van der Waals surface area (Å²) in [6.07, 6.45) is 0.890. The molecule has 0 aromatic heterocycles. The van der Waals surface area contributed by atoms with E-state index in [1.54, 1.807) is 21.3 Å². The topological polar surface area (TPSA) is 73.9 Å². The molecule has 0 aliphatic heterocycles. The van der Waals surface area contributed by atoms with E-state index in [0.717, 1.165) is 17.5 Å². The fourth-order valence-electron chi connectivity index (χ4n) is 2.77. The van der Waals surface area contributed by atoms with Crippen LogP contribution in [0, 0.1) is 5.92 Å². The molecule has 0 fully saturated rings. The van der Waals surface area contributed by atoms with Crippen molar-refractivity contribution < 1.29 is 19.3 Å². The molecule has 0 spiro atoms. The molecule has 19 heavy (non-hydrogen) atoms. The average Bonchev–Trinajstić information content (AvgIpc) is 2.44. The number of fused-ring (bicyclic) bond motifs is 1. The number of aliphatic hydroxyl groups is 1. The van der Waals surface area contributed by atoms with Crippen LogP contribution in [0.2, 0.25) is 0 Å². The molecule has 0 amide bonds. The van der Waals surface area contributed by atoms with E-state index in [1.165, 1.54) is 0 Å². The van der Waals surface area contributed by atoms with Crippen molar-refractivity contribution in [2.24, 2.45) is 11.7 Å². The van der Waals surface area contributed by atoms with Gasteiger partial charge in [-0.05, 0) is 36.9 Å². The Labute approximate surface area is 113 Å². The van der Waals surface area contributed by atoms with E-state index in [2.05, 4.69) is 0 Å². The van der Waals surface area contributed by atoms with Crippen LogP contribution in [0.3, 0.4) is 0 Å². The Morgan fingerprint density at radius 3 is 2.42 bits per heavy atom. The molecule has 1 aliphatic carbocycles. The number of nitrogens with two attached hydrogens (primary N) is 1. The van der Waals surface area contributed by atoms with Crippen molar-refractivity contribution in [1.29, 1.82) is 0 Å². The van der Waals surface area contributed by atoms with E-state index in [-0.39, 0.29) is 5.92 Å². The summed E-state index contributed by atoms with van der Waals surface area (Å²) in [4.78, 5) is 0. The lowest BCUT2D eigenvalue weighted by molar-refractivity contribution is 0.129. The number of hydrogen-bond donors (Lipinski definition) is 2. The zero-order chi connectivity index (χ0) is 14.0. The van der Waals surface area contributed by atoms with E-state index in [0.29, 0.717) is 30.2 Å². The molecule has 106 valence electrons. The summed E-state index contributed by atoms with van der Waals surface area (Å²) < 4.78 is 16.1. The molecule has 5 heteroatoms. The zero-order valence-corrected chi connectivity index (χ0v) is 11.6. The van der Waals surface area contributed by atoms with Crippen LogP contribution in [0.5, 0.6) is 17.2 Å². The molecule has 1 aromatic carbocycles. The zero-order valence-electron chi connectivity index (χ0n) is 11.6. The maximum Gasteiger partial charge on any atom is 0.203 e. The molecule has 5 nitrogen and oxygen atoms in total. The number of methoxy groups -OCH3 is 3. The summed E-state index contributed by atoms with van der Waals surface area (Å²) in [5, 5.41) is 10.3. The molecule has 1 aromatic rings. The van der Waals surface area contributed by atoms with Crippen molar-refractivity contribution >= 4 is 0 Å². The van der Waals surface area contributed by atoms with Gasteiger partial charge in [-0.15, -0.1) is 0 Å². The lowest BCUT2D eigenvalue weighted by Gasteiger charge is -2.30. The van der Waals surface area contributed by atoms with Gasteiger partial charge in [-0.2, -0.15) is 0 Å². The molecule has 2 rings (SSSR count). The van der Waals surface area contributed by atoms with E-state index in [9.17, 15) is 5.11 Å². The van der Waals surface area contributed by atoms with Gasteiger partial charge in [-0.25, -0.2) is 0 Å². The van der Waals surface area contributed by atoms with Gasteiger partial charge >= 0.3 is 0 Å². The first-order valence-corrected chi connectivity index (χ1v) is 6.36. The van der Waals surface area contributed by atoms with Gasteiger partial charge in [0.05, 0.1) is 27.4 Å². The minimum Gasteiger partial charge on any atom is -0.493 e. The van der Waals surface area contributed by atoms with E-state index in [1.807, 2.05) is 6.07 Å². The lowest BCUT2D eigenvalue weighted by atomic mass is 9.81. The Bertz CT molecular complexity index is 461. The van der Waals surface area contributed by atoms with Gasteiger partial charge < -0.3 is 25.1 Å². The Morgan fingerprint density at radius 1 is 1.21 bits per heavy atom. The van der Waals surface area contributed by atoms with Crippen LogP contribution in [-0.2, 0) is 6.42 Å². The van der Waals surface area contributed by atoms with Crippen LogP contribution in [0.15, 0.2) is 6.07 Å². The SMILES string of the molecule is COc1cc2c(c(OC)c1OC)C(O)CC(CN)C2. The Morgan fingerprint density at radius 2 is 1.89 bits per heavy atom. The highest BCUT2D eigenvalue weighted by Gasteiger charge is 2.31. The average molecular weight is 267 g/mol. The normalized spacial score (nSPS) is 21.7. The van der Waals surface area contributed by atoms with Crippen LogP contribution in [0.1, 0.15) is 23.7 Å². The third-order valence-electron chi connectivity index (χ3n) is 3.69. The molecule has 1 aliphatic rings. The van der Waals surface area contributed by atoms with Gasteiger partial charge in [0, 0.05) is 5.56 Å². The van der Waals surface area contributed by atoms with E-state index >= 15 is 0 Å². The first kappa shape index (κ1) is 14.0. The van der Waals surface area contributed by atoms with Crippen LogP contribution >= 0.6 is 0 Å². The smallest absolute Gasteiger partial charge is 0.203 e. The fourth-order valence-corrected chi connectivity index (χ4v) is 2.77. The van der Waals surface area contributed by atoms with Gasteiger partial charge in [0.2, 0.25) is 5.75 Å². The van der Waals surface area contributed by atoms with Crippen LogP contribution in [0.4, 0.5) is 0 Å². The second-order valence-electron chi connectivity index (χ2n) is 4.78. The maximum atomic E-state index is 10.3. The number of rotatable bonds is 4. The first-order valence-electron chi connectivity index (χ1n) is 6.36. The van der Waals surface area contributed by atoms with Crippen molar-refractivity contribution in [1.82, 2.24) is 0 Å². The molecule has 0 saturated heterocycles. The Balaban J connectivity index is 2.59. The first-order chi connectivity index (χ1) is 9.15. The summed E-state index contributed by atoms with van der Waals surface area (Å²) in [5.74, 6) is 1.97. The minimum absolute atomic E-state index is 0.283. The maximum absolute atomic E-state index is 10.3. The number of aliphatic hydroxyl groups excluding tert-OH is 1. The fraction of sp³-hybridized carbons (Fsp3) is 0.571. The van der Waals surface area contributed by atoms with Crippen LogP contribution in [0.25, 0.3) is 0 Å². The summed E-state index contributed by atoms with van der Waals surface area (Å²) in [6.45, 7) is 0.563. The van der Waals surface area contributed by atoms with Crippen molar-refractivity contribution in [2.45, 2.75) is 18.9 Å². The van der Waals surface area contributed by atoms with Crippen LogP contribution < -0.4 is 19.9 Å². The van der Waals surface area contributed by atoms with Gasteiger partial charge in [0.15, 0.2) is 11.5 Å². The minimum atomic E-state index is -0.577. The quantitative estimate of drug-likeness (QED) is 0.859. The van der Waals surface area contributed by atoms with Gasteiger partial charge in [-0.3, -0.25) is 0 Å². The summed E-state index contributed by atoms with van der Waals surface area (Å²) in [5.41, 5.74) is 7.53. The van der Waals surface area contributed by atoms with Crippen molar-refractivity contribution in [2.75, 3.05) is 27.9 Å². The molecule has 0 heterocycles. The molecule has 2 unspecified atom stereocenters. The number of ether oxygens (including phenoxy) is 3. The predicted molar refractivity (Wildman–Crippen MR) is 71.9 cm³/mol. The third-order valence-corrected chi connectivity index (χ3v) is 3.69. The second-order valence-corrected chi connectivity index (χ2v) is 4.78. The third kappa shape index (κ3) is 2.35. The van der Waals surface area contributed by atoms with Crippen molar-refractivity contribution in [3.8, 4) is 17.2 Å². The molecule has 0 saturated carbocycles. The molecule has 0 radical (unpaired) electrons. The monoisotopic (exact) mass is 267 g/mol. The Hall–Kier alpha value is -1.46. The second kappa shape index (κ2) is 5.67. The molecule has 3 N–H and O–H groups in total. The van der Waals surface area contributed by atoms with Gasteiger partial charge in [0.25, 0.3) is 0 Å². The predicted octanol–water partition coefficient (Wildman–Crippen LogP) is 1.27. The number of benzene rings is 1. The van der Waals surface area contributed by atoms with Crippen molar-refractivity contribution in [3.63, 3.8) is 0 Å². The highest BCUT2D eigenvalue weighted by Crippen LogP contribution is 2.48. The summed E-state index contributed by atoms with van der Waals surface area (Å²) in [6, 6.07) is 1.90. The highest BCUT2D eigenvalue weighted by atomic mass is 16.5. The summed E-state index contributed by atoms with van der Waals surface area (Å²) >= 11 is 0. The Kier molecular flexibility index (Phi) is 4.17. The van der Waals surface area contributed by atoms with E-state index < -0.39 is 6.10 Å². The molecule has 2 atom stereocenters. The van der Waals surface area contributed by atoms with Gasteiger partial charge in [-0.1, -0.05) is 0 Å². The van der Waals surface area contributed by atoms with Crippen LogP contribution in [-0.4, -0.2) is 33.0 Å². The van der Waals surface area contributed by atoms with Gasteiger partial charge in [0.1, 0.15) is 0 Å². The lowest BCUT2D eigenvalue weighted by Crippen LogP contribution is -2.25. The van der Waals surface area contributed by atoms with Crippen molar-refractivity contribution in [3.05, 3.63) is 17.2 Å². The highest BCUT2D eigenvalue weighted by molar-refractivity contribution is 5.60. The summed E-state index contributed by atoms with van der Waals surface area (Å²) in [7, 11) is 4.72. The number of hydrogen-bond acceptors (Lipinski definition) is 5.